The largest absolute Gasteiger partial charge is 0.481 e. The van der Waals surface area contributed by atoms with Crippen molar-refractivity contribution in [3.8, 4) is 0 Å². The Morgan fingerprint density at radius 3 is 2.83 bits per heavy atom. The number of aliphatic carboxylic acids is 1. The number of carboxylic acid groups (broad SMARTS) is 1. The fraction of sp³-hybridized carbons (Fsp3) is 0.538. The summed E-state index contributed by atoms with van der Waals surface area (Å²) in [5.41, 5.74) is 0. The summed E-state index contributed by atoms with van der Waals surface area (Å²) in [4.78, 5) is 24.2. The van der Waals surface area contributed by atoms with Gasteiger partial charge >= 0.3 is 12.0 Å². The summed E-state index contributed by atoms with van der Waals surface area (Å²) in [5, 5.41) is 13.2. The third-order valence-corrected chi connectivity index (χ3v) is 6.92. The molecule has 0 aliphatic carbocycles. The lowest BCUT2D eigenvalue weighted by atomic mass is 10.1. The summed E-state index contributed by atoms with van der Waals surface area (Å²) in [7, 11) is -2.07. The summed E-state index contributed by atoms with van der Waals surface area (Å²) >= 11 is 1.14. The molecule has 2 heterocycles. The summed E-state index contributed by atoms with van der Waals surface area (Å²) in [5.74, 6) is -1.43. The number of carbonyl (C=O) groups is 2. The van der Waals surface area contributed by atoms with Crippen LogP contribution >= 0.6 is 11.3 Å². The number of nitrogens with zero attached hydrogens (tertiary/aromatic N) is 2. The number of hydrogen-bond donors (Lipinski definition) is 2. The maximum Gasteiger partial charge on any atom is 0.317 e. The maximum atomic E-state index is 12.2. The average molecular weight is 361 g/mol. The van der Waals surface area contributed by atoms with Crippen LogP contribution in [-0.4, -0.2) is 68.0 Å². The van der Waals surface area contributed by atoms with Gasteiger partial charge in [-0.05, 0) is 17.9 Å². The lowest BCUT2D eigenvalue weighted by molar-refractivity contribution is -0.141. The molecule has 1 saturated heterocycles. The molecule has 128 valence electrons. The second kappa shape index (κ2) is 7.28. The second-order valence-electron chi connectivity index (χ2n) is 5.26. The highest BCUT2D eigenvalue weighted by Gasteiger charge is 2.30. The molecule has 0 saturated carbocycles. The number of nitrogens with one attached hydrogen (secondary N) is 1. The van der Waals surface area contributed by atoms with Crippen LogP contribution in [0, 0.1) is 5.92 Å². The number of thiophene rings is 1. The van der Waals surface area contributed by atoms with Gasteiger partial charge in [0.05, 0.1) is 5.92 Å². The highest BCUT2D eigenvalue weighted by Crippen LogP contribution is 2.19. The van der Waals surface area contributed by atoms with E-state index in [-0.39, 0.29) is 29.9 Å². The molecule has 1 aromatic heterocycles. The number of carbonyl (C=O) groups excluding carboxylic acids is 1. The molecule has 1 aliphatic rings. The van der Waals surface area contributed by atoms with Crippen molar-refractivity contribution in [3.63, 3.8) is 0 Å². The number of rotatable bonds is 6. The van der Waals surface area contributed by atoms with E-state index in [0.29, 0.717) is 13.0 Å². The number of amides is 2. The summed E-state index contributed by atoms with van der Waals surface area (Å²) < 4.78 is 25.8. The SMILES string of the molecule is CN(CCNC(=O)N1CCC(C(=O)O)C1)S(=O)(=O)c1cccs1. The van der Waals surface area contributed by atoms with Gasteiger partial charge in [-0.3, -0.25) is 4.79 Å². The van der Waals surface area contributed by atoms with Gasteiger partial charge in [0, 0.05) is 33.2 Å². The van der Waals surface area contributed by atoms with Crippen LogP contribution in [0.25, 0.3) is 0 Å². The van der Waals surface area contributed by atoms with E-state index in [0.717, 1.165) is 11.3 Å². The van der Waals surface area contributed by atoms with Crippen LogP contribution in [0.15, 0.2) is 21.7 Å². The van der Waals surface area contributed by atoms with Crippen LogP contribution < -0.4 is 5.32 Å². The fourth-order valence-electron chi connectivity index (χ4n) is 2.26. The highest BCUT2D eigenvalue weighted by atomic mass is 32.2. The minimum Gasteiger partial charge on any atom is -0.481 e. The van der Waals surface area contributed by atoms with Crippen molar-refractivity contribution in [3.05, 3.63) is 17.5 Å². The van der Waals surface area contributed by atoms with Gasteiger partial charge in [0.2, 0.25) is 0 Å². The van der Waals surface area contributed by atoms with Crippen LogP contribution in [0.4, 0.5) is 4.79 Å². The van der Waals surface area contributed by atoms with Gasteiger partial charge in [-0.2, -0.15) is 4.31 Å². The van der Waals surface area contributed by atoms with E-state index in [9.17, 15) is 18.0 Å². The Kier molecular flexibility index (Phi) is 5.60. The van der Waals surface area contributed by atoms with Gasteiger partial charge in [-0.15, -0.1) is 11.3 Å². The lowest BCUT2D eigenvalue weighted by Crippen LogP contribution is -2.42. The van der Waals surface area contributed by atoms with E-state index in [2.05, 4.69) is 5.32 Å². The first kappa shape index (κ1) is 17.7. The van der Waals surface area contributed by atoms with E-state index in [4.69, 9.17) is 5.11 Å². The van der Waals surface area contributed by atoms with E-state index < -0.39 is 21.9 Å². The molecule has 10 heteroatoms. The molecule has 2 amide bonds. The molecule has 2 rings (SSSR count). The van der Waals surface area contributed by atoms with E-state index in [1.54, 1.807) is 11.4 Å². The molecule has 1 aliphatic heterocycles. The molecule has 1 aromatic rings. The Balaban J connectivity index is 1.79. The van der Waals surface area contributed by atoms with Crippen molar-refractivity contribution in [1.29, 1.82) is 0 Å². The van der Waals surface area contributed by atoms with E-state index in [1.165, 1.54) is 22.3 Å². The quantitative estimate of drug-likeness (QED) is 0.767. The molecule has 1 unspecified atom stereocenters. The summed E-state index contributed by atoms with van der Waals surface area (Å²) in [6.07, 6.45) is 0.440. The predicted molar refractivity (Wildman–Crippen MR) is 84.8 cm³/mol. The van der Waals surface area contributed by atoms with Gasteiger partial charge in [0.25, 0.3) is 10.0 Å². The molecule has 1 fully saturated rings. The third kappa shape index (κ3) is 4.21. The Hall–Kier alpha value is -1.65. The number of hydrogen-bond acceptors (Lipinski definition) is 5. The Labute approximate surface area is 138 Å². The van der Waals surface area contributed by atoms with Crippen LogP contribution in [0.3, 0.4) is 0 Å². The van der Waals surface area contributed by atoms with Gasteiger partial charge in [-0.1, -0.05) is 6.07 Å². The van der Waals surface area contributed by atoms with Crippen molar-refractivity contribution in [2.45, 2.75) is 10.6 Å². The molecule has 2 N–H and O–H groups in total. The van der Waals surface area contributed by atoms with E-state index >= 15 is 0 Å². The Morgan fingerprint density at radius 2 is 2.26 bits per heavy atom. The maximum absolute atomic E-state index is 12.2. The molecule has 0 bridgehead atoms. The van der Waals surface area contributed by atoms with Crippen molar-refractivity contribution in [1.82, 2.24) is 14.5 Å². The van der Waals surface area contributed by atoms with Gasteiger partial charge in [0.1, 0.15) is 4.21 Å². The molecule has 1 atom stereocenters. The zero-order valence-corrected chi connectivity index (χ0v) is 14.3. The lowest BCUT2D eigenvalue weighted by Gasteiger charge is -2.19. The van der Waals surface area contributed by atoms with Crippen molar-refractivity contribution >= 4 is 33.4 Å². The number of likely N-dealkylation sites (tertiary alicyclic amines) is 1. The Bertz CT molecular complexity index is 659. The molecular weight excluding hydrogens is 342 g/mol. The molecule has 8 nitrogen and oxygen atoms in total. The Morgan fingerprint density at radius 1 is 1.52 bits per heavy atom. The second-order valence-corrected chi connectivity index (χ2v) is 8.48. The van der Waals surface area contributed by atoms with Crippen LogP contribution in [0.1, 0.15) is 6.42 Å². The van der Waals surface area contributed by atoms with Crippen LogP contribution in [0.2, 0.25) is 0 Å². The van der Waals surface area contributed by atoms with Crippen molar-refractivity contribution in [2.24, 2.45) is 5.92 Å². The molecule has 0 aromatic carbocycles. The highest BCUT2D eigenvalue weighted by molar-refractivity contribution is 7.91. The topological polar surface area (TPSA) is 107 Å². The van der Waals surface area contributed by atoms with Crippen LogP contribution in [-0.2, 0) is 14.8 Å². The molecule has 23 heavy (non-hydrogen) atoms. The van der Waals surface area contributed by atoms with Crippen molar-refractivity contribution < 1.29 is 23.1 Å². The van der Waals surface area contributed by atoms with Gasteiger partial charge in [-0.25, -0.2) is 13.2 Å². The number of urea groups is 1. The first-order valence-electron chi connectivity index (χ1n) is 7.08. The first-order valence-corrected chi connectivity index (χ1v) is 9.39. The van der Waals surface area contributed by atoms with Crippen LogP contribution in [0.5, 0.6) is 0 Å². The molecule has 0 spiro atoms. The smallest absolute Gasteiger partial charge is 0.317 e. The predicted octanol–water partition coefficient (Wildman–Crippen LogP) is 0.485. The molecule has 0 radical (unpaired) electrons. The molecular formula is C13H19N3O5S2. The summed E-state index contributed by atoms with van der Waals surface area (Å²) in [6, 6.07) is 2.83. The number of carboxylic acids is 1. The monoisotopic (exact) mass is 361 g/mol. The third-order valence-electron chi connectivity index (χ3n) is 3.69. The zero-order chi connectivity index (χ0) is 17.0. The average Bonchev–Trinajstić information content (AvgIpc) is 3.18. The zero-order valence-electron chi connectivity index (χ0n) is 12.6. The van der Waals surface area contributed by atoms with Crippen molar-refractivity contribution in [2.75, 3.05) is 33.2 Å². The van der Waals surface area contributed by atoms with Gasteiger partial charge in [0.15, 0.2) is 0 Å². The van der Waals surface area contributed by atoms with E-state index in [1.807, 2.05) is 0 Å². The summed E-state index contributed by atoms with van der Waals surface area (Å²) in [6.45, 7) is 0.882. The number of sulfonamides is 1. The number of likely N-dealkylation sites (N-methyl/N-ethyl adjacent to an activating group) is 1. The minimum absolute atomic E-state index is 0.141. The fourth-order valence-corrected chi connectivity index (χ4v) is 4.63. The minimum atomic E-state index is -3.52. The standard InChI is InChI=1S/C13H19N3O5S2/c1-15(23(20,21)11-3-2-8-22-11)7-5-14-13(19)16-6-4-10(9-16)12(17)18/h2-3,8,10H,4-7,9H2,1H3,(H,14,19)(H,17,18). The first-order chi connectivity index (χ1) is 10.8. The normalized spacial score (nSPS) is 18.3. The van der Waals surface area contributed by atoms with Gasteiger partial charge < -0.3 is 15.3 Å².